The first-order chi connectivity index (χ1) is 11.1. The predicted octanol–water partition coefficient (Wildman–Crippen LogP) is 1.34. The molecule has 1 fully saturated rings. The molecule has 3 N–H and O–H groups in total. The van der Waals surface area contributed by atoms with E-state index in [0.717, 1.165) is 11.0 Å². The van der Waals surface area contributed by atoms with E-state index in [9.17, 15) is 4.57 Å². The lowest BCUT2D eigenvalue weighted by Crippen LogP contribution is -2.44. The van der Waals surface area contributed by atoms with E-state index in [2.05, 4.69) is 10.3 Å². The van der Waals surface area contributed by atoms with E-state index in [-0.39, 0.29) is 18.9 Å². The fraction of sp³-hybridized carbons (Fsp3) is 0.500. The van der Waals surface area contributed by atoms with Crippen LogP contribution < -0.4 is 11.1 Å². The lowest BCUT2D eigenvalue weighted by Gasteiger charge is -2.30. The van der Waals surface area contributed by atoms with Crippen molar-refractivity contribution in [2.75, 3.05) is 39.5 Å². The van der Waals surface area contributed by atoms with Crippen LogP contribution in [0.2, 0.25) is 0 Å². The summed E-state index contributed by atoms with van der Waals surface area (Å²) < 4.78 is 26.5. The van der Waals surface area contributed by atoms with E-state index in [1.807, 2.05) is 22.8 Å². The Morgan fingerprint density at radius 3 is 3.13 bits per heavy atom. The Morgan fingerprint density at radius 1 is 1.52 bits per heavy atom. The van der Waals surface area contributed by atoms with Gasteiger partial charge in [0.2, 0.25) is 0 Å². The summed E-state index contributed by atoms with van der Waals surface area (Å²) in [6.45, 7) is 1.59. The molecule has 0 saturated carbocycles. The number of para-hydroxylation sites is 1. The van der Waals surface area contributed by atoms with E-state index < -0.39 is 8.18 Å². The van der Waals surface area contributed by atoms with Gasteiger partial charge in [-0.25, -0.2) is 4.98 Å². The van der Waals surface area contributed by atoms with Crippen molar-refractivity contribution in [2.45, 2.75) is 12.3 Å². The van der Waals surface area contributed by atoms with Crippen molar-refractivity contribution >= 4 is 24.9 Å². The summed E-state index contributed by atoms with van der Waals surface area (Å²) in [5, 5.41) is 3.31. The van der Waals surface area contributed by atoms with E-state index in [0.29, 0.717) is 18.8 Å². The number of nitrogens with two attached hydrogens (primary N) is 1. The lowest BCUT2D eigenvalue weighted by molar-refractivity contribution is -0.0891. The number of rotatable bonds is 5. The molecular weight excluding hydrogens is 317 g/mol. The zero-order valence-corrected chi connectivity index (χ0v) is 14.1. The number of morpholine rings is 1. The summed E-state index contributed by atoms with van der Waals surface area (Å²) in [4.78, 5) is 4.36. The molecule has 0 radical (unpaired) electrons. The largest absolute Gasteiger partial charge is 0.615 e. The van der Waals surface area contributed by atoms with Crippen molar-refractivity contribution in [3.05, 3.63) is 24.5 Å². The number of benzene rings is 1. The lowest BCUT2D eigenvalue weighted by atomic mass is 10.2. The van der Waals surface area contributed by atoms with Gasteiger partial charge in [0.05, 0.1) is 17.5 Å². The minimum Gasteiger partial charge on any atom is -0.397 e. The van der Waals surface area contributed by atoms with Crippen molar-refractivity contribution in [3.63, 3.8) is 0 Å². The molecule has 2 aromatic rings. The van der Waals surface area contributed by atoms with Gasteiger partial charge in [0.25, 0.3) is 0 Å². The van der Waals surface area contributed by atoms with Gasteiger partial charge in [0.15, 0.2) is 0 Å². The predicted molar refractivity (Wildman–Crippen MR) is 88.2 cm³/mol. The molecule has 1 aromatic carbocycles. The number of hydrogen-bond donors (Lipinski definition) is 2. The average molecular weight is 338 g/mol. The van der Waals surface area contributed by atoms with Crippen molar-refractivity contribution in [1.29, 1.82) is 0 Å². The smallest absolute Gasteiger partial charge is 0.397 e. The molecule has 0 spiro atoms. The highest BCUT2D eigenvalue weighted by molar-refractivity contribution is 7.36. The molecule has 124 valence electrons. The molecule has 23 heavy (non-hydrogen) atoms. The van der Waals surface area contributed by atoms with Crippen LogP contribution in [0.3, 0.4) is 0 Å². The Balaban J connectivity index is 1.70. The maximum absolute atomic E-state index is 11.7. The third-order valence-corrected chi connectivity index (χ3v) is 4.71. The van der Waals surface area contributed by atoms with Crippen molar-refractivity contribution in [3.8, 4) is 0 Å². The number of hydrogen-bond acceptors (Lipinski definition) is 6. The van der Waals surface area contributed by atoms with Crippen LogP contribution in [-0.2, 0) is 13.8 Å². The number of anilines is 1. The molecule has 3 rings (SSSR count). The van der Waals surface area contributed by atoms with E-state index in [4.69, 9.17) is 15.0 Å². The molecule has 9 heteroatoms. The maximum atomic E-state index is 11.7. The molecule has 2 heterocycles. The zero-order valence-electron chi connectivity index (χ0n) is 13.2. The zero-order chi connectivity index (χ0) is 16.4. The summed E-state index contributed by atoms with van der Waals surface area (Å²) in [7, 11) is 1.61. The van der Waals surface area contributed by atoms with Crippen LogP contribution in [-0.4, -0.2) is 54.1 Å². The van der Waals surface area contributed by atoms with Crippen LogP contribution in [0.4, 0.5) is 5.69 Å². The molecule has 8 nitrogen and oxygen atoms in total. The van der Waals surface area contributed by atoms with Crippen molar-refractivity contribution in [2.24, 2.45) is 0 Å². The number of nitrogens with one attached hydrogen (secondary N) is 1. The van der Waals surface area contributed by atoms with Gasteiger partial charge in [0.1, 0.15) is 24.5 Å². The van der Waals surface area contributed by atoms with Crippen molar-refractivity contribution < 1.29 is 13.8 Å². The third kappa shape index (κ3) is 3.52. The van der Waals surface area contributed by atoms with E-state index in [1.165, 1.54) is 4.67 Å². The van der Waals surface area contributed by atoms with Gasteiger partial charge in [-0.2, -0.15) is 0 Å². The van der Waals surface area contributed by atoms with Crippen LogP contribution in [0.1, 0.15) is 6.23 Å². The third-order valence-electron chi connectivity index (χ3n) is 3.68. The normalized spacial score (nSPS) is 22.7. The van der Waals surface area contributed by atoms with Crippen LogP contribution in [0.5, 0.6) is 0 Å². The topological polar surface area (TPSA) is 94.6 Å². The summed E-state index contributed by atoms with van der Waals surface area (Å²) in [5.74, 6) is 0. The molecule has 1 saturated heterocycles. The number of nitrogen functional groups attached to an aromatic ring is 1. The SMILES string of the molecule is CN(C)[P+](=O)OC[C@@H]1CNC[C@H](n2cnc3c(N)cccc32)O1. The first-order valence-electron chi connectivity index (χ1n) is 7.41. The van der Waals surface area contributed by atoms with Crippen LogP contribution in [0.25, 0.3) is 11.0 Å². The Labute approximate surface area is 135 Å². The number of aromatic nitrogens is 2. The Bertz CT molecular complexity index is 705. The molecule has 0 aliphatic carbocycles. The number of fused-ring (bicyclic) bond motifs is 1. The maximum Gasteiger partial charge on any atom is 0.615 e. The van der Waals surface area contributed by atoms with Crippen LogP contribution >= 0.6 is 8.18 Å². The van der Waals surface area contributed by atoms with Gasteiger partial charge in [-0.1, -0.05) is 10.7 Å². The monoisotopic (exact) mass is 338 g/mol. The van der Waals surface area contributed by atoms with Gasteiger partial charge < -0.3 is 20.4 Å². The highest BCUT2D eigenvalue weighted by Crippen LogP contribution is 2.27. The second-order valence-electron chi connectivity index (χ2n) is 5.62. The Hall–Kier alpha value is -1.57. The highest BCUT2D eigenvalue weighted by Gasteiger charge is 2.29. The fourth-order valence-corrected chi connectivity index (χ4v) is 3.04. The number of imidazole rings is 1. The summed E-state index contributed by atoms with van der Waals surface area (Å²) >= 11 is 0. The average Bonchev–Trinajstić information content (AvgIpc) is 2.98. The Kier molecular flexibility index (Phi) is 4.89. The molecular formula is C14H21N5O3P+. The molecule has 1 aliphatic rings. The second kappa shape index (κ2) is 6.90. The minimum atomic E-state index is -1.82. The quantitative estimate of drug-likeness (QED) is 0.627. The Morgan fingerprint density at radius 2 is 2.35 bits per heavy atom. The van der Waals surface area contributed by atoms with Gasteiger partial charge >= 0.3 is 8.18 Å². The number of ether oxygens (including phenoxy) is 1. The molecule has 0 amide bonds. The van der Waals surface area contributed by atoms with E-state index >= 15 is 0 Å². The van der Waals surface area contributed by atoms with Gasteiger partial charge in [-0.05, 0) is 16.7 Å². The van der Waals surface area contributed by atoms with Crippen molar-refractivity contribution in [1.82, 2.24) is 19.5 Å². The first kappa shape index (κ1) is 16.3. The van der Waals surface area contributed by atoms with Crippen LogP contribution in [0, 0.1) is 0 Å². The minimum absolute atomic E-state index is 0.175. The first-order valence-corrected chi connectivity index (χ1v) is 8.54. The summed E-state index contributed by atoms with van der Waals surface area (Å²) in [6.07, 6.45) is 1.35. The highest BCUT2D eigenvalue weighted by atomic mass is 31.1. The van der Waals surface area contributed by atoms with Gasteiger partial charge in [0, 0.05) is 27.2 Å². The standard InChI is InChI=1S/C14H21N5O3P/c1-18(2)23(20)21-8-10-6-16-7-13(22-10)19-9-17-14-11(15)4-3-5-12(14)19/h3-5,9-10,13,16H,6-8,15H2,1-2H3/q+1/t10-,13+/m0/s1. The fourth-order valence-electron chi connectivity index (χ4n) is 2.52. The second-order valence-corrected chi connectivity index (χ2v) is 7.15. The molecule has 1 aliphatic heterocycles. The summed E-state index contributed by atoms with van der Waals surface area (Å²) in [6, 6.07) is 5.69. The van der Waals surface area contributed by atoms with Gasteiger partial charge in [-0.15, -0.1) is 4.52 Å². The number of nitrogens with zero attached hydrogens (tertiary/aromatic N) is 3. The summed E-state index contributed by atoms with van der Waals surface area (Å²) in [5.41, 5.74) is 8.29. The molecule has 1 unspecified atom stereocenters. The molecule has 1 aromatic heterocycles. The van der Waals surface area contributed by atoms with Gasteiger partial charge in [-0.3, -0.25) is 0 Å². The van der Waals surface area contributed by atoms with Crippen LogP contribution in [0.15, 0.2) is 24.5 Å². The van der Waals surface area contributed by atoms with E-state index in [1.54, 1.807) is 20.4 Å². The molecule has 3 atom stereocenters. The molecule has 0 bridgehead atoms.